The average molecular weight is 549 g/mol. The summed E-state index contributed by atoms with van der Waals surface area (Å²) in [5.74, 6) is -1.13. The molecule has 2 aromatic carbocycles. The number of halogens is 3. The lowest BCUT2D eigenvalue weighted by molar-refractivity contribution is -0.151. The van der Waals surface area contributed by atoms with Gasteiger partial charge in [-0.15, -0.1) is 0 Å². The van der Waals surface area contributed by atoms with E-state index in [1.165, 1.54) is 36.3 Å². The van der Waals surface area contributed by atoms with Crippen LogP contribution >= 0.6 is 0 Å². The van der Waals surface area contributed by atoms with Crippen molar-refractivity contribution in [3.63, 3.8) is 0 Å². The Morgan fingerprint density at radius 2 is 1.62 bits per heavy atom. The number of benzene rings is 2. The van der Waals surface area contributed by atoms with E-state index in [2.05, 4.69) is 10.1 Å². The normalized spacial score (nSPS) is 12.3. The summed E-state index contributed by atoms with van der Waals surface area (Å²) in [4.78, 5) is 31.8. The van der Waals surface area contributed by atoms with E-state index < -0.39 is 29.7 Å². The number of amides is 1. The number of pyridine rings is 1. The van der Waals surface area contributed by atoms with Crippen molar-refractivity contribution < 1.29 is 27.5 Å². The van der Waals surface area contributed by atoms with Crippen molar-refractivity contribution >= 4 is 18.0 Å². The molecule has 0 aliphatic heterocycles. The minimum atomic E-state index is -4.46. The van der Waals surface area contributed by atoms with Crippen LogP contribution in [0.2, 0.25) is 0 Å². The van der Waals surface area contributed by atoms with E-state index in [4.69, 9.17) is 4.74 Å². The van der Waals surface area contributed by atoms with Crippen molar-refractivity contribution in [1.29, 1.82) is 0 Å². The van der Waals surface area contributed by atoms with Gasteiger partial charge in [0, 0.05) is 44.7 Å². The second-order valence-corrected chi connectivity index (χ2v) is 9.08. The summed E-state index contributed by atoms with van der Waals surface area (Å²) >= 11 is 0. The number of rotatable bonds is 9. The van der Waals surface area contributed by atoms with Crippen molar-refractivity contribution in [2.45, 2.75) is 25.2 Å². The van der Waals surface area contributed by atoms with E-state index in [0.29, 0.717) is 11.3 Å². The standard InChI is InChI=1S/C30H27F3N4O3/c1-36-18-15-26(35-36)19-27(29(39)40-2)37(20-22-3-8-23(9-4-22)24-13-16-34-17-14-24)28(38)12-7-21-5-10-25(11-6-21)30(31,32)33/h3-18,27H,19-20H2,1-2H3/b12-7+. The maximum Gasteiger partial charge on any atom is 0.416 e. The van der Waals surface area contributed by atoms with Crippen LogP contribution in [0, 0.1) is 0 Å². The second kappa shape index (κ2) is 12.4. The van der Waals surface area contributed by atoms with Gasteiger partial charge in [0.25, 0.3) is 0 Å². The zero-order valence-corrected chi connectivity index (χ0v) is 21.9. The van der Waals surface area contributed by atoms with E-state index in [9.17, 15) is 22.8 Å². The van der Waals surface area contributed by atoms with Crippen molar-refractivity contribution in [3.05, 3.63) is 114 Å². The molecule has 0 saturated carbocycles. The summed E-state index contributed by atoms with van der Waals surface area (Å²) in [7, 11) is 2.99. The highest BCUT2D eigenvalue weighted by Gasteiger charge is 2.31. The third kappa shape index (κ3) is 7.22. The second-order valence-electron chi connectivity index (χ2n) is 9.08. The molecule has 4 rings (SSSR count). The van der Waals surface area contributed by atoms with Crippen LogP contribution in [0.15, 0.2) is 91.4 Å². The molecule has 0 spiro atoms. The Morgan fingerprint density at radius 3 is 2.20 bits per heavy atom. The quantitative estimate of drug-likeness (QED) is 0.209. The van der Waals surface area contributed by atoms with Crippen LogP contribution in [0.5, 0.6) is 0 Å². The van der Waals surface area contributed by atoms with Crippen LogP contribution in [0.4, 0.5) is 13.2 Å². The topological polar surface area (TPSA) is 77.3 Å². The van der Waals surface area contributed by atoms with Gasteiger partial charge >= 0.3 is 12.1 Å². The van der Waals surface area contributed by atoms with Crippen molar-refractivity contribution in [2.75, 3.05) is 7.11 Å². The van der Waals surface area contributed by atoms with Crippen LogP contribution in [0.25, 0.3) is 17.2 Å². The number of methoxy groups -OCH3 is 1. The van der Waals surface area contributed by atoms with Crippen LogP contribution in [0.3, 0.4) is 0 Å². The fraction of sp³-hybridized carbons (Fsp3) is 0.200. The fourth-order valence-corrected chi connectivity index (χ4v) is 4.16. The molecule has 2 aromatic heterocycles. The Labute approximate surface area is 229 Å². The molecule has 1 atom stereocenters. The number of alkyl halides is 3. The molecule has 7 nitrogen and oxygen atoms in total. The first kappa shape index (κ1) is 28.3. The van der Waals surface area contributed by atoms with E-state index in [1.807, 2.05) is 36.4 Å². The first-order valence-corrected chi connectivity index (χ1v) is 12.4. The average Bonchev–Trinajstić information content (AvgIpc) is 3.38. The first-order valence-electron chi connectivity index (χ1n) is 12.4. The summed E-state index contributed by atoms with van der Waals surface area (Å²) in [6.07, 6.45) is 3.44. The molecule has 0 aliphatic rings. The predicted octanol–water partition coefficient (Wildman–Crippen LogP) is 5.33. The molecular formula is C30H27F3N4O3. The minimum Gasteiger partial charge on any atom is -0.467 e. The van der Waals surface area contributed by atoms with Gasteiger partial charge in [-0.05, 0) is 58.7 Å². The van der Waals surface area contributed by atoms with Gasteiger partial charge in [-0.25, -0.2) is 4.79 Å². The number of ether oxygens (including phenoxy) is 1. The first-order chi connectivity index (χ1) is 19.1. The number of carbonyl (C=O) groups is 2. The minimum absolute atomic E-state index is 0.0827. The molecule has 1 unspecified atom stereocenters. The summed E-state index contributed by atoms with van der Waals surface area (Å²) in [6, 6.07) is 16.5. The van der Waals surface area contributed by atoms with Crippen molar-refractivity contribution in [2.24, 2.45) is 7.05 Å². The number of carbonyl (C=O) groups excluding carboxylic acids is 2. The number of hydrogen-bond donors (Lipinski definition) is 0. The van der Waals surface area contributed by atoms with Gasteiger partial charge in [0.05, 0.1) is 18.4 Å². The third-order valence-corrected chi connectivity index (χ3v) is 6.28. The number of esters is 1. The van der Waals surface area contributed by atoms with E-state index in [-0.39, 0.29) is 13.0 Å². The zero-order valence-electron chi connectivity index (χ0n) is 21.9. The van der Waals surface area contributed by atoms with E-state index in [0.717, 1.165) is 28.8 Å². The van der Waals surface area contributed by atoms with Crippen LogP contribution < -0.4 is 0 Å². The highest BCUT2D eigenvalue weighted by atomic mass is 19.4. The highest BCUT2D eigenvalue weighted by Crippen LogP contribution is 2.29. The van der Waals surface area contributed by atoms with Gasteiger partial charge in [0.15, 0.2) is 0 Å². The Balaban J connectivity index is 1.62. The van der Waals surface area contributed by atoms with Gasteiger partial charge in [0.2, 0.25) is 5.91 Å². The molecule has 0 fully saturated rings. The molecule has 206 valence electrons. The lowest BCUT2D eigenvalue weighted by Crippen LogP contribution is -2.46. The highest BCUT2D eigenvalue weighted by molar-refractivity contribution is 5.94. The number of aryl methyl sites for hydroxylation is 1. The lowest BCUT2D eigenvalue weighted by atomic mass is 10.0. The molecule has 4 aromatic rings. The van der Waals surface area contributed by atoms with Crippen LogP contribution in [0.1, 0.15) is 22.4 Å². The number of hydrogen-bond acceptors (Lipinski definition) is 5. The fourth-order valence-electron chi connectivity index (χ4n) is 4.16. The molecule has 2 heterocycles. The molecule has 0 aliphatic carbocycles. The summed E-state index contributed by atoms with van der Waals surface area (Å²) in [5.41, 5.74) is 2.93. The SMILES string of the molecule is COC(=O)C(Cc1ccn(C)n1)N(Cc1ccc(-c2ccncc2)cc1)C(=O)/C=C/c1ccc(C(F)(F)F)cc1. The molecule has 0 N–H and O–H groups in total. The van der Waals surface area contributed by atoms with Crippen LogP contribution in [-0.4, -0.2) is 44.7 Å². The molecule has 40 heavy (non-hydrogen) atoms. The van der Waals surface area contributed by atoms with Gasteiger partial charge in [-0.2, -0.15) is 18.3 Å². The summed E-state index contributed by atoms with van der Waals surface area (Å²) in [6.45, 7) is 0.0827. The Hall–Kier alpha value is -4.73. The summed E-state index contributed by atoms with van der Waals surface area (Å²) in [5, 5.41) is 4.34. The molecule has 10 heteroatoms. The van der Waals surface area contributed by atoms with E-state index >= 15 is 0 Å². The Morgan fingerprint density at radius 1 is 0.975 bits per heavy atom. The lowest BCUT2D eigenvalue weighted by Gasteiger charge is -2.29. The Kier molecular flexibility index (Phi) is 8.78. The smallest absolute Gasteiger partial charge is 0.416 e. The van der Waals surface area contributed by atoms with Crippen molar-refractivity contribution in [3.8, 4) is 11.1 Å². The monoisotopic (exact) mass is 548 g/mol. The largest absolute Gasteiger partial charge is 0.467 e. The van der Waals surface area contributed by atoms with Crippen LogP contribution in [-0.2, 0) is 40.5 Å². The molecular weight excluding hydrogens is 521 g/mol. The summed E-state index contributed by atoms with van der Waals surface area (Å²) < 4.78 is 45.4. The van der Waals surface area contributed by atoms with Crippen molar-refractivity contribution in [1.82, 2.24) is 19.7 Å². The Bertz CT molecular complexity index is 1460. The molecule has 0 radical (unpaired) electrons. The van der Waals surface area contributed by atoms with Gasteiger partial charge in [-0.3, -0.25) is 14.5 Å². The predicted molar refractivity (Wildman–Crippen MR) is 143 cm³/mol. The number of nitrogens with zero attached hydrogens (tertiary/aromatic N) is 4. The number of aromatic nitrogens is 3. The maximum absolute atomic E-state index is 13.5. The molecule has 0 bridgehead atoms. The van der Waals surface area contributed by atoms with Gasteiger partial charge in [-0.1, -0.05) is 36.4 Å². The molecule has 0 saturated heterocycles. The zero-order chi connectivity index (χ0) is 28.7. The van der Waals surface area contributed by atoms with Gasteiger partial charge < -0.3 is 9.64 Å². The maximum atomic E-state index is 13.5. The van der Waals surface area contributed by atoms with E-state index in [1.54, 1.807) is 36.4 Å². The third-order valence-electron chi connectivity index (χ3n) is 6.28. The van der Waals surface area contributed by atoms with Gasteiger partial charge in [0.1, 0.15) is 6.04 Å². The molecule has 1 amide bonds.